The van der Waals surface area contributed by atoms with Crippen LogP contribution in [0.2, 0.25) is 0 Å². The molecule has 44 heavy (non-hydrogen) atoms. The Bertz CT molecular complexity index is 1030. The predicted octanol–water partition coefficient (Wildman–Crippen LogP) is 10.2. The maximum absolute atomic E-state index is 12.0. The molecule has 0 atom stereocenters. The average molecular weight is 647 g/mol. The average Bonchev–Trinajstić information content (AvgIpc) is 2.89. The Morgan fingerprint density at radius 3 is 1.86 bits per heavy atom. The van der Waals surface area contributed by atoms with Crippen LogP contribution in [0.5, 0.6) is 0 Å². The molecule has 250 valence electrons. The fourth-order valence-corrected chi connectivity index (χ4v) is 5.33. The fraction of sp³-hybridized carbons (Fsp3) is 0.694. The zero-order chi connectivity index (χ0) is 32.6. The number of hydrogen-bond donors (Lipinski definition) is 2. The molecule has 0 aromatic rings. The maximum atomic E-state index is 12.0. The molecular weight excluding hydrogens is 583 g/mol. The molecule has 0 radical (unpaired) electrons. The van der Waals surface area contributed by atoms with Crippen LogP contribution in [0, 0.1) is 5.41 Å². The summed E-state index contributed by atoms with van der Waals surface area (Å²) in [5, 5.41) is 0. The molecule has 0 fully saturated rings. The summed E-state index contributed by atoms with van der Waals surface area (Å²) in [6.07, 6.45) is 34.3. The van der Waals surface area contributed by atoms with Crippen LogP contribution < -0.4 is 0 Å². The van der Waals surface area contributed by atoms with Crippen LogP contribution in [0.1, 0.15) is 151 Å². The molecule has 1 rings (SSSR count). The fourth-order valence-electron chi connectivity index (χ4n) is 5.33. The first-order valence-corrected chi connectivity index (χ1v) is 17.9. The summed E-state index contributed by atoms with van der Waals surface area (Å²) >= 11 is 0. The van der Waals surface area contributed by atoms with Crippen LogP contribution in [0.4, 0.5) is 0 Å². The first-order valence-electron chi connectivity index (χ1n) is 16.5. The van der Waals surface area contributed by atoms with Crippen LogP contribution in [0.15, 0.2) is 58.7 Å². The van der Waals surface area contributed by atoms with Crippen molar-refractivity contribution in [1.29, 1.82) is 0 Å². The molecule has 0 heterocycles. The van der Waals surface area contributed by atoms with Crippen molar-refractivity contribution in [2.75, 3.05) is 6.61 Å². The minimum absolute atomic E-state index is 0. The molecular formula is C36H63NaO6S. The summed E-state index contributed by atoms with van der Waals surface area (Å²) in [5.74, 6) is -0.0720. The van der Waals surface area contributed by atoms with Gasteiger partial charge in [0, 0.05) is 6.42 Å². The van der Waals surface area contributed by atoms with Gasteiger partial charge in [0.15, 0.2) is 0 Å². The molecule has 0 saturated heterocycles. The molecule has 0 aliphatic heterocycles. The van der Waals surface area contributed by atoms with E-state index in [0.717, 1.165) is 18.4 Å². The molecule has 0 spiro atoms. The van der Waals surface area contributed by atoms with E-state index in [1.807, 2.05) is 6.08 Å². The molecule has 0 aromatic carbocycles. The second-order valence-corrected chi connectivity index (χ2v) is 13.5. The quantitative estimate of drug-likeness (QED) is 0.0449. The van der Waals surface area contributed by atoms with E-state index >= 15 is 0 Å². The van der Waals surface area contributed by atoms with Crippen molar-refractivity contribution in [3.8, 4) is 0 Å². The third kappa shape index (κ3) is 28.5. The van der Waals surface area contributed by atoms with Gasteiger partial charge in [0.25, 0.3) is 0 Å². The van der Waals surface area contributed by atoms with E-state index in [-0.39, 0.29) is 40.9 Å². The molecule has 1 aliphatic carbocycles. The van der Waals surface area contributed by atoms with Gasteiger partial charge in [0.1, 0.15) is 6.61 Å². The zero-order valence-electron chi connectivity index (χ0n) is 28.1. The monoisotopic (exact) mass is 646 g/mol. The first-order chi connectivity index (χ1) is 20.3. The normalized spacial score (nSPS) is 15.7. The van der Waals surface area contributed by atoms with Gasteiger partial charge in [0.2, 0.25) is 0 Å². The van der Waals surface area contributed by atoms with E-state index in [0.29, 0.717) is 13.0 Å². The number of allylic oxidation sites excluding steroid dienone is 9. The molecule has 0 unspecified atom stereocenters. The van der Waals surface area contributed by atoms with Gasteiger partial charge in [-0.25, -0.2) is 0 Å². The van der Waals surface area contributed by atoms with Gasteiger partial charge >= 0.3 is 45.9 Å². The van der Waals surface area contributed by atoms with Gasteiger partial charge in [-0.1, -0.05) is 145 Å². The summed E-state index contributed by atoms with van der Waals surface area (Å²) in [5.41, 5.74) is 5.65. The van der Waals surface area contributed by atoms with Crippen molar-refractivity contribution in [3.05, 3.63) is 58.7 Å². The van der Waals surface area contributed by atoms with Crippen molar-refractivity contribution in [3.63, 3.8) is 0 Å². The predicted molar refractivity (Wildman–Crippen MR) is 189 cm³/mol. The molecule has 8 heteroatoms. The third-order valence-corrected chi connectivity index (χ3v) is 7.91. The second-order valence-electron chi connectivity index (χ2n) is 12.6. The van der Waals surface area contributed by atoms with E-state index in [9.17, 15) is 4.79 Å². The van der Waals surface area contributed by atoms with Crippen molar-refractivity contribution in [2.45, 2.75) is 151 Å². The standard InChI is InChI=1S/C36H60O2.Na.H2O4S.H/c1-7-8-9-10-11-12-13-14-15-16-17-18-19-25-35(37)38-30-28-32(3)23-20-22-31(2)26-27-34-33(4)24-21-29-36(34,5)6;;1-5(2,3)4;/h20,22-23,26-28H,7-19,21,24-25,29-30H2,1-6H3;;(H2,1,2,3,4);/b23-20+,27-26+,31-22+,32-28+;;;. The second kappa shape index (κ2) is 27.2. The molecule has 0 saturated carbocycles. The zero-order valence-corrected chi connectivity index (χ0v) is 28.9. The third-order valence-electron chi connectivity index (χ3n) is 7.91. The van der Waals surface area contributed by atoms with Crippen LogP contribution in [-0.2, 0) is 19.9 Å². The van der Waals surface area contributed by atoms with E-state index in [1.54, 1.807) is 0 Å². The van der Waals surface area contributed by atoms with Gasteiger partial charge in [-0.05, 0) is 63.5 Å². The number of rotatable bonds is 20. The Morgan fingerprint density at radius 1 is 0.864 bits per heavy atom. The number of carbonyl (C=O) groups is 1. The van der Waals surface area contributed by atoms with Gasteiger partial charge < -0.3 is 4.74 Å². The number of carbonyl (C=O) groups excluding carboxylic acids is 1. The molecule has 6 nitrogen and oxygen atoms in total. The van der Waals surface area contributed by atoms with Crippen LogP contribution >= 0.6 is 0 Å². The first kappa shape index (κ1) is 45.2. The SMILES string of the molecule is CCCCCCCCCCCCCCCC(=O)OC/C=C(C)/C=C/C=C(C)/C=C/C1=C(C)CCCC1(C)C.O=S(=O)(O)O.[NaH]. The molecule has 0 bridgehead atoms. The Hall–Kier alpha value is -0.960. The number of hydrogen-bond acceptors (Lipinski definition) is 4. The summed E-state index contributed by atoms with van der Waals surface area (Å²) in [4.78, 5) is 12.0. The minimum atomic E-state index is -4.67. The van der Waals surface area contributed by atoms with Gasteiger partial charge in [-0.15, -0.1) is 0 Å². The summed E-state index contributed by atoms with van der Waals surface area (Å²) in [7, 11) is -4.67. The van der Waals surface area contributed by atoms with E-state index in [4.69, 9.17) is 22.3 Å². The van der Waals surface area contributed by atoms with Gasteiger partial charge in [-0.3, -0.25) is 13.9 Å². The van der Waals surface area contributed by atoms with Gasteiger partial charge in [-0.2, -0.15) is 8.42 Å². The Morgan fingerprint density at radius 2 is 1.36 bits per heavy atom. The molecule has 1 aliphatic rings. The summed E-state index contributed by atoms with van der Waals surface area (Å²) < 4.78 is 37.0. The van der Waals surface area contributed by atoms with Crippen LogP contribution in [-0.4, -0.2) is 59.7 Å². The van der Waals surface area contributed by atoms with Crippen LogP contribution in [0.3, 0.4) is 0 Å². The van der Waals surface area contributed by atoms with Crippen molar-refractivity contribution in [2.24, 2.45) is 5.41 Å². The van der Waals surface area contributed by atoms with E-state index in [2.05, 4.69) is 71.9 Å². The van der Waals surface area contributed by atoms with E-state index in [1.165, 1.54) is 107 Å². The van der Waals surface area contributed by atoms with Crippen molar-refractivity contribution in [1.82, 2.24) is 0 Å². The van der Waals surface area contributed by atoms with Crippen LogP contribution in [0.25, 0.3) is 0 Å². The number of esters is 1. The summed E-state index contributed by atoms with van der Waals surface area (Å²) in [6, 6.07) is 0. The molecule has 0 aromatic heterocycles. The Balaban J connectivity index is 0. The Labute approximate surface area is 292 Å². The number of unbranched alkanes of at least 4 members (excludes halogenated alkanes) is 12. The Kier molecular flexibility index (Phi) is 27.9. The van der Waals surface area contributed by atoms with E-state index < -0.39 is 10.4 Å². The van der Waals surface area contributed by atoms with Gasteiger partial charge in [0.05, 0.1) is 0 Å². The van der Waals surface area contributed by atoms with Crippen molar-refractivity contribution >= 4 is 45.9 Å². The van der Waals surface area contributed by atoms with Crippen molar-refractivity contribution < 1.29 is 27.1 Å². The topological polar surface area (TPSA) is 101 Å². The summed E-state index contributed by atoms with van der Waals surface area (Å²) in [6.45, 7) is 13.8. The molecule has 2 N–H and O–H groups in total. The number of ether oxygens (including phenoxy) is 1. The molecule has 0 amide bonds.